The normalized spacial score (nSPS) is 28.8. The molecule has 3 aliphatic heterocycles. The van der Waals surface area contributed by atoms with Gasteiger partial charge in [-0.2, -0.15) is 13.2 Å². The zero-order chi connectivity index (χ0) is 19.5. The van der Waals surface area contributed by atoms with Crippen LogP contribution in [0.2, 0.25) is 0 Å². The summed E-state index contributed by atoms with van der Waals surface area (Å²) in [6.45, 7) is 1.33. The number of amides is 1. The number of carbonyl (C=O) groups is 1. The maximum atomic E-state index is 13.0. The Labute approximate surface area is 152 Å². The van der Waals surface area contributed by atoms with Gasteiger partial charge in [0.1, 0.15) is 0 Å². The third-order valence-electron chi connectivity index (χ3n) is 5.23. The molecule has 2 saturated heterocycles. The summed E-state index contributed by atoms with van der Waals surface area (Å²) >= 11 is 0. The highest BCUT2D eigenvalue weighted by molar-refractivity contribution is 7.90. The molecule has 1 amide bonds. The number of ether oxygens (including phenoxy) is 1. The predicted molar refractivity (Wildman–Crippen MR) is 84.0 cm³/mol. The fourth-order valence-electron chi connectivity index (χ4n) is 3.50. The smallest absolute Gasteiger partial charge is 0.380 e. The molecule has 1 aromatic rings. The van der Waals surface area contributed by atoms with E-state index in [9.17, 15) is 26.4 Å². The second-order valence-corrected chi connectivity index (χ2v) is 8.51. The zero-order valence-corrected chi connectivity index (χ0v) is 14.6. The highest BCUT2D eigenvalue weighted by atomic mass is 32.2. The lowest BCUT2D eigenvalue weighted by atomic mass is 9.80. The van der Waals surface area contributed by atoms with E-state index in [-0.39, 0.29) is 23.0 Å². The van der Waals surface area contributed by atoms with Crippen molar-refractivity contribution in [2.24, 2.45) is 21.6 Å². The minimum absolute atomic E-state index is 0.113. The van der Waals surface area contributed by atoms with Gasteiger partial charge < -0.3 is 10.1 Å². The van der Waals surface area contributed by atoms with Crippen molar-refractivity contribution >= 4 is 15.9 Å². The summed E-state index contributed by atoms with van der Waals surface area (Å²) in [5.74, 6) is -0.808. The molecule has 1 aromatic carbocycles. The molecular weight excluding hydrogens is 389 g/mol. The first-order chi connectivity index (χ1) is 12.6. The van der Waals surface area contributed by atoms with Gasteiger partial charge >= 0.3 is 11.8 Å². The lowest BCUT2D eigenvalue weighted by Gasteiger charge is -2.24. The van der Waals surface area contributed by atoms with E-state index >= 15 is 0 Å². The molecule has 3 aliphatic rings. The number of halogens is 3. The molecule has 2 atom stereocenters. The van der Waals surface area contributed by atoms with Gasteiger partial charge in [-0.1, -0.05) is 12.1 Å². The number of nitrogens with one attached hydrogen (secondary N) is 2. The van der Waals surface area contributed by atoms with Crippen LogP contribution in [0.5, 0.6) is 0 Å². The molecule has 146 valence electrons. The number of hydrogen-bond donors (Lipinski definition) is 2. The number of rotatable bonds is 4. The van der Waals surface area contributed by atoms with E-state index in [1.807, 2.05) is 4.72 Å². The summed E-state index contributed by atoms with van der Waals surface area (Å²) < 4.78 is 71.4. The number of hydrogen-bond acceptors (Lipinski definition) is 7. The van der Waals surface area contributed by atoms with Gasteiger partial charge in [0.05, 0.1) is 23.5 Å². The number of benzene rings is 1. The van der Waals surface area contributed by atoms with Gasteiger partial charge in [0.2, 0.25) is 5.91 Å². The summed E-state index contributed by atoms with van der Waals surface area (Å²) in [6.07, 6.45) is -4.70. The van der Waals surface area contributed by atoms with Crippen LogP contribution in [0.15, 0.2) is 39.4 Å². The lowest BCUT2D eigenvalue weighted by Crippen LogP contribution is -2.48. The molecule has 3 heterocycles. The first kappa shape index (κ1) is 18.3. The molecule has 12 heteroatoms. The SMILES string of the molecule is O=C(NS(=O)(=O)c1ccc(C2(C(F)(F)F)N=N2)cc1)[C@]12CNC[C@H]1COC2. The maximum Gasteiger partial charge on any atom is 0.442 e. The molecule has 0 saturated carbocycles. The summed E-state index contributed by atoms with van der Waals surface area (Å²) in [5, 5.41) is 9.18. The van der Waals surface area contributed by atoms with E-state index in [4.69, 9.17) is 4.74 Å². The Hall–Kier alpha value is -2.05. The monoisotopic (exact) mass is 404 g/mol. The van der Waals surface area contributed by atoms with Crippen LogP contribution in [0.3, 0.4) is 0 Å². The molecule has 0 aromatic heterocycles. The van der Waals surface area contributed by atoms with Crippen molar-refractivity contribution in [1.29, 1.82) is 0 Å². The Bertz CT molecular complexity index is 898. The Balaban J connectivity index is 1.54. The van der Waals surface area contributed by atoms with Crippen LogP contribution in [0.4, 0.5) is 13.2 Å². The fraction of sp³-hybridized carbons (Fsp3) is 0.533. The molecule has 0 spiro atoms. The van der Waals surface area contributed by atoms with Crippen LogP contribution in [0, 0.1) is 11.3 Å². The third-order valence-corrected chi connectivity index (χ3v) is 6.58. The van der Waals surface area contributed by atoms with Gasteiger partial charge in [0.25, 0.3) is 10.0 Å². The molecular formula is C15H15F3N4O4S. The van der Waals surface area contributed by atoms with E-state index in [1.54, 1.807) is 0 Å². The second kappa shape index (κ2) is 5.72. The van der Waals surface area contributed by atoms with Crippen LogP contribution in [-0.2, 0) is 25.2 Å². The molecule has 0 radical (unpaired) electrons. The average Bonchev–Trinajstić information content (AvgIpc) is 3.16. The van der Waals surface area contributed by atoms with E-state index in [1.165, 1.54) is 0 Å². The number of fused-ring (bicyclic) bond motifs is 1. The lowest BCUT2D eigenvalue weighted by molar-refractivity contribution is -0.166. The van der Waals surface area contributed by atoms with Crippen molar-refractivity contribution in [3.8, 4) is 0 Å². The number of alkyl halides is 3. The van der Waals surface area contributed by atoms with Crippen molar-refractivity contribution in [2.75, 3.05) is 26.3 Å². The van der Waals surface area contributed by atoms with Gasteiger partial charge in [-0.05, 0) is 12.1 Å². The van der Waals surface area contributed by atoms with Crippen LogP contribution >= 0.6 is 0 Å². The number of carbonyl (C=O) groups excluding carboxylic acids is 1. The molecule has 0 bridgehead atoms. The van der Waals surface area contributed by atoms with Crippen LogP contribution in [0.1, 0.15) is 5.56 Å². The fourth-order valence-corrected chi connectivity index (χ4v) is 4.56. The molecule has 0 aliphatic carbocycles. The standard InChI is InChI=1S/C15H15F3N4O4S/c16-15(17,18)14(21-22-14)9-1-3-11(4-2-9)27(24,25)20-12(23)13-7-19-5-10(13)6-26-8-13/h1-4,10,19H,5-8H2,(H,20,23)/t10-,13-/m0/s1. The summed E-state index contributed by atoms with van der Waals surface area (Å²) in [6, 6.07) is 3.97. The van der Waals surface area contributed by atoms with Crippen molar-refractivity contribution in [3.63, 3.8) is 0 Å². The minimum atomic E-state index is -4.70. The average molecular weight is 404 g/mol. The summed E-state index contributed by atoms with van der Waals surface area (Å²) in [7, 11) is -4.24. The molecule has 2 N–H and O–H groups in total. The molecule has 2 fully saturated rings. The van der Waals surface area contributed by atoms with Gasteiger partial charge in [0.15, 0.2) is 0 Å². The summed E-state index contributed by atoms with van der Waals surface area (Å²) in [4.78, 5) is 12.3. The Morgan fingerprint density at radius 1 is 1.26 bits per heavy atom. The van der Waals surface area contributed by atoms with Gasteiger partial charge in [-0.15, -0.1) is 10.2 Å². The largest absolute Gasteiger partial charge is 0.442 e. The summed E-state index contributed by atoms with van der Waals surface area (Å²) in [5.41, 5.74) is -3.87. The van der Waals surface area contributed by atoms with Crippen LogP contribution < -0.4 is 10.0 Å². The van der Waals surface area contributed by atoms with Crippen molar-refractivity contribution < 1.29 is 31.1 Å². The third kappa shape index (κ3) is 2.74. The predicted octanol–water partition coefficient (Wildman–Crippen LogP) is 0.908. The Morgan fingerprint density at radius 3 is 2.52 bits per heavy atom. The van der Waals surface area contributed by atoms with E-state index in [2.05, 4.69) is 15.5 Å². The maximum absolute atomic E-state index is 13.0. The molecule has 8 nitrogen and oxygen atoms in total. The first-order valence-electron chi connectivity index (χ1n) is 8.08. The van der Waals surface area contributed by atoms with Crippen molar-refractivity contribution in [3.05, 3.63) is 29.8 Å². The van der Waals surface area contributed by atoms with Crippen LogP contribution in [0.25, 0.3) is 0 Å². The van der Waals surface area contributed by atoms with Crippen molar-refractivity contribution in [2.45, 2.75) is 16.7 Å². The number of nitrogens with zero attached hydrogens (tertiary/aromatic N) is 2. The van der Waals surface area contributed by atoms with E-state index in [0.717, 1.165) is 24.3 Å². The first-order valence-corrected chi connectivity index (χ1v) is 9.56. The van der Waals surface area contributed by atoms with Gasteiger partial charge in [-0.25, -0.2) is 13.1 Å². The minimum Gasteiger partial charge on any atom is -0.380 e. The molecule has 27 heavy (non-hydrogen) atoms. The molecule has 0 unspecified atom stereocenters. The highest BCUT2D eigenvalue weighted by Crippen LogP contribution is 2.52. The molecule has 4 rings (SSSR count). The topological polar surface area (TPSA) is 109 Å². The zero-order valence-electron chi connectivity index (χ0n) is 13.8. The van der Waals surface area contributed by atoms with Gasteiger partial charge in [-0.3, -0.25) is 4.79 Å². The van der Waals surface area contributed by atoms with Gasteiger partial charge in [0, 0.05) is 24.6 Å². The quantitative estimate of drug-likeness (QED) is 0.775. The Morgan fingerprint density at radius 2 is 1.93 bits per heavy atom. The second-order valence-electron chi connectivity index (χ2n) is 6.83. The Kier molecular flexibility index (Phi) is 3.88. The van der Waals surface area contributed by atoms with Crippen molar-refractivity contribution in [1.82, 2.24) is 10.0 Å². The number of sulfonamides is 1. The van der Waals surface area contributed by atoms with E-state index < -0.39 is 33.2 Å². The van der Waals surface area contributed by atoms with Crippen LogP contribution in [-0.4, -0.2) is 46.8 Å². The van der Waals surface area contributed by atoms with E-state index in [0.29, 0.717) is 19.7 Å². The highest BCUT2D eigenvalue weighted by Gasteiger charge is 2.65.